The van der Waals surface area contributed by atoms with Gasteiger partial charge in [0, 0.05) is 24.3 Å². The highest BCUT2D eigenvalue weighted by atomic mass is 16.5. The average Bonchev–Trinajstić information content (AvgIpc) is 3.92. The molecule has 43 heavy (non-hydrogen) atoms. The summed E-state index contributed by atoms with van der Waals surface area (Å²) in [5.41, 5.74) is 6.95. The van der Waals surface area contributed by atoms with E-state index in [2.05, 4.69) is 70.9 Å². The van der Waals surface area contributed by atoms with E-state index in [0.717, 1.165) is 68.4 Å². The van der Waals surface area contributed by atoms with E-state index in [-0.39, 0.29) is 0 Å². The number of rotatable bonds is 13. The molecule has 0 aromatic heterocycles. The van der Waals surface area contributed by atoms with E-state index >= 15 is 0 Å². The van der Waals surface area contributed by atoms with Crippen LogP contribution in [0.4, 0.5) is 5.69 Å². The minimum absolute atomic E-state index is 0.468. The van der Waals surface area contributed by atoms with Gasteiger partial charge in [-0.2, -0.15) is 0 Å². The SMILES string of the molecule is COc1ccc2c(c1)CCC(c1ccc(OC)cc1NC(CCc1ccc(OCCN3CCCCCC3)cc1)C1CC1)C2. The van der Waals surface area contributed by atoms with Crippen LogP contribution >= 0.6 is 0 Å². The summed E-state index contributed by atoms with van der Waals surface area (Å²) in [6, 6.07) is 22.6. The first-order valence-corrected chi connectivity index (χ1v) is 16.7. The Morgan fingerprint density at radius 1 is 0.791 bits per heavy atom. The lowest BCUT2D eigenvalue weighted by molar-refractivity contribution is 0.214. The quantitative estimate of drug-likeness (QED) is 0.221. The van der Waals surface area contributed by atoms with E-state index in [9.17, 15) is 0 Å². The Bertz CT molecular complexity index is 1310. The smallest absolute Gasteiger partial charge is 0.120 e. The van der Waals surface area contributed by atoms with Crippen molar-refractivity contribution in [3.05, 3.63) is 82.9 Å². The van der Waals surface area contributed by atoms with Gasteiger partial charge in [-0.1, -0.05) is 37.1 Å². The zero-order chi connectivity index (χ0) is 29.4. The molecule has 2 atom stereocenters. The van der Waals surface area contributed by atoms with Crippen molar-refractivity contribution in [2.45, 2.75) is 82.6 Å². The maximum atomic E-state index is 6.11. The predicted molar refractivity (Wildman–Crippen MR) is 176 cm³/mol. The first-order chi connectivity index (χ1) is 21.2. The minimum Gasteiger partial charge on any atom is -0.497 e. The zero-order valence-electron chi connectivity index (χ0n) is 26.3. The van der Waals surface area contributed by atoms with Crippen LogP contribution in [0, 0.1) is 5.92 Å². The lowest BCUT2D eigenvalue weighted by Crippen LogP contribution is -2.29. The molecule has 230 valence electrons. The van der Waals surface area contributed by atoms with E-state index in [1.54, 1.807) is 14.2 Å². The molecule has 3 aromatic carbocycles. The van der Waals surface area contributed by atoms with Crippen molar-refractivity contribution in [1.29, 1.82) is 0 Å². The standard InChI is InChI=1S/C38H50N2O3/c1-41-34-17-14-30-25-32(13-12-31(30)26-34)36-19-18-35(42-2)27-38(36)39-37(29-10-11-29)20-9-28-7-15-33(16-8-28)43-24-23-40-21-5-3-4-6-22-40/h7-8,14-19,26-27,29,32,37,39H,3-6,9-13,20-25H2,1-2H3. The number of hydrogen-bond donors (Lipinski definition) is 1. The summed E-state index contributed by atoms with van der Waals surface area (Å²) in [5, 5.41) is 4.04. The Balaban J connectivity index is 1.07. The third-order valence-corrected chi connectivity index (χ3v) is 9.92. The Morgan fingerprint density at radius 2 is 1.51 bits per heavy atom. The molecule has 0 amide bonds. The molecule has 1 saturated heterocycles. The molecule has 5 nitrogen and oxygen atoms in total. The van der Waals surface area contributed by atoms with Gasteiger partial charge in [0.15, 0.2) is 0 Å². The van der Waals surface area contributed by atoms with E-state index < -0.39 is 0 Å². The topological polar surface area (TPSA) is 43.0 Å². The van der Waals surface area contributed by atoms with Gasteiger partial charge in [0.1, 0.15) is 23.9 Å². The number of nitrogens with one attached hydrogen (secondary N) is 1. The number of hydrogen-bond acceptors (Lipinski definition) is 5. The number of nitrogens with zero attached hydrogens (tertiary/aromatic N) is 1. The van der Waals surface area contributed by atoms with Gasteiger partial charge in [-0.25, -0.2) is 0 Å². The second kappa shape index (κ2) is 14.5. The molecule has 5 heteroatoms. The number of fused-ring (bicyclic) bond motifs is 1. The summed E-state index contributed by atoms with van der Waals surface area (Å²) in [5.74, 6) is 4.13. The maximum Gasteiger partial charge on any atom is 0.120 e. The van der Waals surface area contributed by atoms with Crippen molar-refractivity contribution in [3.63, 3.8) is 0 Å². The van der Waals surface area contributed by atoms with Gasteiger partial charge < -0.3 is 19.5 Å². The molecule has 1 saturated carbocycles. The first-order valence-electron chi connectivity index (χ1n) is 16.7. The van der Waals surface area contributed by atoms with Crippen LogP contribution in [0.2, 0.25) is 0 Å². The van der Waals surface area contributed by atoms with Crippen molar-refractivity contribution in [3.8, 4) is 17.2 Å². The number of anilines is 1. The average molecular weight is 583 g/mol. The second-order valence-electron chi connectivity index (χ2n) is 12.9. The largest absolute Gasteiger partial charge is 0.497 e. The molecule has 3 aliphatic rings. The summed E-state index contributed by atoms with van der Waals surface area (Å²) >= 11 is 0. The van der Waals surface area contributed by atoms with Crippen molar-refractivity contribution in [2.24, 2.45) is 5.92 Å². The van der Waals surface area contributed by atoms with Gasteiger partial charge in [-0.05, 0) is 135 Å². The van der Waals surface area contributed by atoms with E-state index in [1.165, 1.54) is 79.6 Å². The van der Waals surface area contributed by atoms with Crippen LogP contribution in [0.25, 0.3) is 0 Å². The molecule has 3 aromatic rings. The molecule has 2 fully saturated rings. The van der Waals surface area contributed by atoms with Crippen LogP contribution in [-0.2, 0) is 19.3 Å². The van der Waals surface area contributed by atoms with Crippen LogP contribution in [0.5, 0.6) is 17.2 Å². The van der Waals surface area contributed by atoms with Gasteiger partial charge in [-0.15, -0.1) is 0 Å². The highest BCUT2D eigenvalue weighted by Gasteiger charge is 2.32. The molecular formula is C38H50N2O3. The zero-order valence-corrected chi connectivity index (χ0v) is 26.3. The minimum atomic E-state index is 0.468. The first kappa shape index (κ1) is 29.9. The lowest BCUT2D eigenvalue weighted by atomic mass is 9.79. The molecule has 0 radical (unpaired) electrons. The third kappa shape index (κ3) is 8.06. The van der Waals surface area contributed by atoms with Crippen molar-refractivity contribution in [1.82, 2.24) is 4.90 Å². The fourth-order valence-electron chi connectivity index (χ4n) is 7.12. The molecule has 0 bridgehead atoms. The summed E-state index contributed by atoms with van der Waals surface area (Å²) in [7, 11) is 3.52. The van der Waals surface area contributed by atoms with Crippen molar-refractivity contribution in [2.75, 3.05) is 45.8 Å². The number of methoxy groups -OCH3 is 2. The van der Waals surface area contributed by atoms with Crippen LogP contribution in [0.15, 0.2) is 60.7 Å². The molecule has 1 aliphatic heterocycles. The number of benzene rings is 3. The Morgan fingerprint density at radius 3 is 2.26 bits per heavy atom. The summed E-state index contributed by atoms with van der Waals surface area (Å²) in [4.78, 5) is 2.56. The fraction of sp³-hybridized carbons (Fsp3) is 0.526. The molecule has 6 rings (SSSR count). The molecule has 0 spiro atoms. The second-order valence-corrected chi connectivity index (χ2v) is 12.9. The van der Waals surface area contributed by atoms with E-state index in [4.69, 9.17) is 14.2 Å². The van der Waals surface area contributed by atoms with Gasteiger partial charge in [0.05, 0.1) is 14.2 Å². The normalized spacial score (nSPS) is 19.6. The lowest BCUT2D eigenvalue weighted by Gasteiger charge is -2.29. The van der Waals surface area contributed by atoms with Gasteiger partial charge >= 0.3 is 0 Å². The molecule has 2 aliphatic carbocycles. The van der Waals surface area contributed by atoms with Gasteiger partial charge in [0.25, 0.3) is 0 Å². The van der Waals surface area contributed by atoms with Crippen LogP contribution in [0.3, 0.4) is 0 Å². The number of likely N-dealkylation sites (tertiary alicyclic amines) is 1. The fourth-order valence-corrected chi connectivity index (χ4v) is 7.12. The van der Waals surface area contributed by atoms with Crippen molar-refractivity contribution < 1.29 is 14.2 Å². The Labute approximate surface area is 258 Å². The molecule has 1 N–H and O–H groups in total. The van der Waals surface area contributed by atoms with Crippen molar-refractivity contribution >= 4 is 5.69 Å². The summed E-state index contributed by atoms with van der Waals surface area (Å²) in [6.45, 7) is 4.25. The highest BCUT2D eigenvalue weighted by molar-refractivity contribution is 5.58. The van der Waals surface area contributed by atoms with E-state index in [1.807, 2.05) is 0 Å². The van der Waals surface area contributed by atoms with Crippen LogP contribution in [0.1, 0.15) is 79.5 Å². The van der Waals surface area contributed by atoms with Crippen LogP contribution in [-0.4, -0.2) is 51.4 Å². The van der Waals surface area contributed by atoms with E-state index in [0.29, 0.717) is 12.0 Å². The maximum absolute atomic E-state index is 6.11. The summed E-state index contributed by atoms with van der Waals surface area (Å²) in [6.07, 6.45) is 13.6. The number of ether oxygens (including phenoxy) is 3. The Hall–Kier alpha value is -3.18. The Kier molecular flexibility index (Phi) is 10.1. The highest BCUT2D eigenvalue weighted by Crippen LogP contribution is 2.41. The van der Waals surface area contributed by atoms with Gasteiger partial charge in [0.2, 0.25) is 0 Å². The molecule has 2 unspecified atom stereocenters. The van der Waals surface area contributed by atoms with Crippen LogP contribution < -0.4 is 19.5 Å². The summed E-state index contributed by atoms with van der Waals surface area (Å²) < 4.78 is 17.3. The molecule has 1 heterocycles. The molecular weight excluding hydrogens is 532 g/mol. The predicted octanol–water partition coefficient (Wildman–Crippen LogP) is 8.05. The number of aryl methyl sites for hydroxylation is 2. The monoisotopic (exact) mass is 582 g/mol. The van der Waals surface area contributed by atoms with Gasteiger partial charge in [-0.3, -0.25) is 4.90 Å². The third-order valence-electron chi connectivity index (χ3n) is 9.92.